The van der Waals surface area contributed by atoms with Gasteiger partial charge in [-0.3, -0.25) is 0 Å². The van der Waals surface area contributed by atoms with Crippen LogP contribution in [-0.4, -0.2) is 42.7 Å². The fraction of sp³-hybridized carbons (Fsp3) is 0.312. The molecule has 1 atom stereocenters. The molecule has 0 saturated heterocycles. The van der Waals surface area contributed by atoms with E-state index in [1.165, 1.54) is 25.3 Å². The maximum absolute atomic E-state index is 12.1. The molecule has 1 unspecified atom stereocenters. The summed E-state index contributed by atoms with van der Waals surface area (Å²) in [4.78, 5) is 8.38. The number of sulfonamides is 1. The van der Waals surface area contributed by atoms with Gasteiger partial charge >= 0.3 is 0 Å². The van der Waals surface area contributed by atoms with Gasteiger partial charge in [-0.15, -0.1) is 0 Å². The second-order valence-corrected chi connectivity index (χ2v) is 7.22. The van der Waals surface area contributed by atoms with E-state index in [1.807, 2.05) is 13.0 Å². The van der Waals surface area contributed by atoms with Crippen LogP contribution in [0.2, 0.25) is 0 Å². The summed E-state index contributed by atoms with van der Waals surface area (Å²) in [6.07, 6.45) is 0.636. The maximum Gasteiger partial charge on any atom is 0.240 e. The van der Waals surface area contributed by atoms with E-state index in [4.69, 9.17) is 5.26 Å². The van der Waals surface area contributed by atoms with E-state index >= 15 is 0 Å². The molecule has 26 heavy (non-hydrogen) atoms. The molecule has 0 aliphatic carbocycles. The summed E-state index contributed by atoms with van der Waals surface area (Å²) in [5.74, 6) is 0.705. The number of aliphatic hydroxyl groups excluding tert-OH is 1. The van der Waals surface area contributed by atoms with E-state index in [-0.39, 0.29) is 17.4 Å². The number of anilines is 3. The Morgan fingerprint density at radius 1 is 1.31 bits per heavy atom. The topological polar surface area (TPSA) is 140 Å². The molecule has 2 aromatic rings. The third-order valence-corrected chi connectivity index (χ3v) is 4.68. The zero-order valence-electron chi connectivity index (χ0n) is 14.4. The summed E-state index contributed by atoms with van der Waals surface area (Å²) in [6.45, 7) is 3.93. The van der Waals surface area contributed by atoms with E-state index in [0.717, 1.165) is 0 Å². The van der Waals surface area contributed by atoms with Gasteiger partial charge < -0.3 is 15.7 Å². The largest absolute Gasteiger partial charge is 0.392 e. The van der Waals surface area contributed by atoms with E-state index in [1.54, 1.807) is 12.1 Å². The lowest BCUT2D eigenvalue weighted by Gasteiger charge is -2.10. The molecule has 0 aliphatic rings. The normalized spacial score (nSPS) is 12.2. The summed E-state index contributed by atoms with van der Waals surface area (Å²) < 4.78 is 26.5. The number of nitrogens with zero attached hydrogens (tertiary/aromatic N) is 3. The minimum absolute atomic E-state index is 0.0609. The molecule has 1 aromatic carbocycles. The maximum atomic E-state index is 12.1. The van der Waals surface area contributed by atoms with Gasteiger partial charge in [-0.25, -0.2) is 18.1 Å². The Hall–Kier alpha value is -2.74. The van der Waals surface area contributed by atoms with Crippen LogP contribution in [0.3, 0.4) is 0 Å². The Morgan fingerprint density at radius 3 is 2.58 bits per heavy atom. The Labute approximate surface area is 152 Å². The van der Waals surface area contributed by atoms with Gasteiger partial charge in [0.1, 0.15) is 17.5 Å². The van der Waals surface area contributed by atoms with Crippen molar-refractivity contribution in [2.45, 2.75) is 24.8 Å². The summed E-state index contributed by atoms with van der Waals surface area (Å²) in [7, 11) is -3.68. The fourth-order valence-corrected chi connectivity index (χ4v) is 3.11. The van der Waals surface area contributed by atoms with Crippen molar-refractivity contribution < 1.29 is 13.5 Å². The molecule has 0 spiro atoms. The van der Waals surface area contributed by atoms with E-state index in [9.17, 15) is 13.5 Å². The lowest BCUT2D eigenvalue weighted by Crippen LogP contribution is -2.30. The van der Waals surface area contributed by atoms with Crippen molar-refractivity contribution in [3.05, 3.63) is 36.0 Å². The molecule has 0 fully saturated rings. The van der Waals surface area contributed by atoms with Gasteiger partial charge in [0, 0.05) is 18.8 Å². The zero-order valence-corrected chi connectivity index (χ0v) is 15.2. The van der Waals surface area contributed by atoms with Crippen LogP contribution in [0.4, 0.5) is 17.5 Å². The standard InChI is InChI=1S/C16H20N6O3S/c1-3-18-15-12(8-17)10-19-16(22-15)21-13-4-6-14(7-5-13)26(24,25)20-9-11(2)23/h4-7,10-11,20,23H,3,9H2,1-2H3,(H2,18,19,21,22). The number of benzene rings is 1. The van der Waals surface area contributed by atoms with Gasteiger partial charge in [-0.05, 0) is 38.1 Å². The highest BCUT2D eigenvalue weighted by atomic mass is 32.2. The highest BCUT2D eigenvalue weighted by Crippen LogP contribution is 2.19. The monoisotopic (exact) mass is 376 g/mol. The van der Waals surface area contributed by atoms with Crippen molar-refractivity contribution >= 4 is 27.5 Å². The SMILES string of the molecule is CCNc1nc(Nc2ccc(S(=O)(=O)NCC(C)O)cc2)ncc1C#N. The van der Waals surface area contributed by atoms with Crippen molar-refractivity contribution in [1.82, 2.24) is 14.7 Å². The molecule has 9 nitrogen and oxygen atoms in total. The van der Waals surface area contributed by atoms with Crippen LogP contribution in [0.15, 0.2) is 35.4 Å². The Morgan fingerprint density at radius 2 is 2.00 bits per heavy atom. The minimum atomic E-state index is -3.68. The quantitative estimate of drug-likeness (QED) is 0.538. The van der Waals surface area contributed by atoms with Crippen molar-refractivity contribution in [3.8, 4) is 6.07 Å². The highest BCUT2D eigenvalue weighted by molar-refractivity contribution is 7.89. The first-order valence-corrected chi connectivity index (χ1v) is 9.40. The number of hydrogen-bond acceptors (Lipinski definition) is 8. The first kappa shape index (κ1) is 19.6. The summed E-state index contributed by atoms with van der Waals surface area (Å²) in [5, 5.41) is 24.2. The third kappa shape index (κ3) is 5.13. The van der Waals surface area contributed by atoms with Crippen molar-refractivity contribution in [3.63, 3.8) is 0 Å². The Kier molecular flexibility index (Phi) is 6.46. The predicted octanol–water partition coefficient (Wildman–Crippen LogP) is 1.18. The molecule has 1 heterocycles. The molecular formula is C16H20N6O3S. The van der Waals surface area contributed by atoms with Crippen molar-refractivity contribution in [2.24, 2.45) is 0 Å². The van der Waals surface area contributed by atoms with Crippen molar-refractivity contribution in [1.29, 1.82) is 5.26 Å². The molecule has 0 amide bonds. The number of aromatic nitrogens is 2. The fourth-order valence-electron chi connectivity index (χ4n) is 1.99. The Balaban J connectivity index is 2.15. The molecule has 138 valence electrons. The first-order valence-electron chi connectivity index (χ1n) is 7.91. The van der Waals surface area contributed by atoms with Crippen LogP contribution >= 0.6 is 0 Å². The number of aliphatic hydroxyl groups is 1. The minimum Gasteiger partial charge on any atom is -0.392 e. The van der Waals surface area contributed by atoms with Gasteiger partial charge in [-0.1, -0.05) is 0 Å². The molecule has 10 heteroatoms. The molecular weight excluding hydrogens is 356 g/mol. The smallest absolute Gasteiger partial charge is 0.240 e. The van der Waals surface area contributed by atoms with Gasteiger partial charge in [0.2, 0.25) is 16.0 Å². The van der Waals surface area contributed by atoms with Gasteiger partial charge in [0.25, 0.3) is 0 Å². The van der Waals surface area contributed by atoms with Crippen LogP contribution < -0.4 is 15.4 Å². The summed E-state index contributed by atoms with van der Waals surface area (Å²) in [6, 6.07) is 8.02. The second kappa shape index (κ2) is 8.57. The van der Waals surface area contributed by atoms with Gasteiger partial charge in [-0.2, -0.15) is 10.2 Å². The molecule has 1 aromatic heterocycles. The second-order valence-electron chi connectivity index (χ2n) is 5.45. The molecule has 0 aliphatic heterocycles. The molecule has 0 bridgehead atoms. The predicted molar refractivity (Wildman–Crippen MR) is 97.5 cm³/mol. The average molecular weight is 376 g/mol. The van der Waals surface area contributed by atoms with E-state index in [0.29, 0.717) is 23.6 Å². The number of nitriles is 1. The zero-order chi connectivity index (χ0) is 19.2. The van der Waals surface area contributed by atoms with Gasteiger partial charge in [0.05, 0.1) is 17.2 Å². The number of nitrogens with one attached hydrogen (secondary N) is 3. The molecule has 2 rings (SSSR count). The van der Waals surface area contributed by atoms with E-state index < -0.39 is 16.1 Å². The third-order valence-electron chi connectivity index (χ3n) is 3.24. The van der Waals surface area contributed by atoms with Crippen LogP contribution in [-0.2, 0) is 10.0 Å². The lowest BCUT2D eigenvalue weighted by molar-refractivity contribution is 0.198. The highest BCUT2D eigenvalue weighted by Gasteiger charge is 2.14. The summed E-state index contributed by atoms with van der Waals surface area (Å²) >= 11 is 0. The molecule has 4 N–H and O–H groups in total. The summed E-state index contributed by atoms with van der Waals surface area (Å²) in [5.41, 5.74) is 0.926. The van der Waals surface area contributed by atoms with Crippen molar-refractivity contribution in [2.75, 3.05) is 23.7 Å². The average Bonchev–Trinajstić information content (AvgIpc) is 2.61. The van der Waals surface area contributed by atoms with Crippen LogP contribution in [0, 0.1) is 11.3 Å². The number of hydrogen-bond donors (Lipinski definition) is 4. The van der Waals surface area contributed by atoms with Gasteiger partial charge in [0.15, 0.2) is 0 Å². The van der Waals surface area contributed by atoms with Crippen LogP contribution in [0.1, 0.15) is 19.4 Å². The first-order chi connectivity index (χ1) is 12.4. The van der Waals surface area contributed by atoms with Crippen LogP contribution in [0.25, 0.3) is 0 Å². The molecule has 0 saturated carbocycles. The van der Waals surface area contributed by atoms with E-state index in [2.05, 4.69) is 25.3 Å². The Bertz CT molecular complexity index is 891. The molecule has 0 radical (unpaired) electrons. The number of rotatable bonds is 8. The van der Waals surface area contributed by atoms with Crippen LogP contribution in [0.5, 0.6) is 0 Å². The lowest BCUT2D eigenvalue weighted by atomic mass is 10.3.